The Morgan fingerprint density at radius 3 is 2.49 bits per heavy atom. The molecule has 2 fully saturated rings. The first-order chi connectivity index (χ1) is 20.9. The van der Waals surface area contributed by atoms with E-state index in [0.29, 0.717) is 48.2 Å². The smallest absolute Gasteiger partial charge is 0.247 e. The molecule has 0 spiro atoms. The molecule has 0 radical (unpaired) electrons. The highest BCUT2D eigenvalue weighted by Gasteiger charge is 2.34. The van der Waals surface area contributed by atoms with Gasteiger partial charge in [-0.2, -0.15) is 4.80 Å². The molecule has 1 saturated carbocycles. The maximum atomic E-state index is 14.0. The SMILES string of the molecule is COc1ccc(-c2nnn(CC(=O)N(CCN3CCOCC3)[C@H](C(=O)NC3CCCC3)c3ccc(F)cc3)n2)cc1OC. The van der Waals surface area contributed by atoms with Crippen LogP contribution in [-0.4, -0.2) is 101 Å². The lowest BCUT2D eigenvalue weighted by Crippen LogP contribution is -2.50. The first kappa shape index (κ1) is 30.4. The van der Waals surface area contributed by atoms with E-state index in [2.05, 4.69) is 25.6 Å². The fraction of sp³-hybridized carbons (Fsp3) is 0.500. The summed E-state index contributed by atoms with van der Waals surface area (Å²) in [4.78, 5) is 32.8. The van der Waals surface area contributed by atoms with E-state index < -0.39 is 11.9 Å². The molecule has 2 heterocycles. The van der Waals surface area contributed by atoms with Crippen LogP contribution in [0.1, 0.15) is 37.3 Å². The quantitative estimate of drug-likeness (QED) is 0.336. The van der Waals surface area contributed by atoms with E-state index in [1.807, 2.05) is 0 Å². The number of ether oxygens (including phenoxy) is 3. The number of carbonyl (C=O) groups is 2. The average Bonchev–Trinajstić information content (AvgIpc) is 3.72. The molecule has 230 valence electrons. The highest BCUT2D eigenvalue weighted by Crippen LogP contribution is 2.31. The number of carbonyl (C=O) groups excluding carboxylic acids is 2. The van der Waals surface area contributed by atoms with Crippen LogP contribution in [0.2, 0.25) is 0 Å². The fourth-order valence-electron chi connectivity index (χ4n) is 5.55. The third-order valence-electron chi connectivity index (χ3n) is 7.90. The van der Waals surface area contributed by atoms with E-state index in [-0.39, 0.29) is 30.9 Å². The largest absolute Gasteiger partial charge is 0.493 e. The normalized spacial score (nSPS) is 16.5. The van der Waals surface area contributed by atoms with Gasteiger partial charge in [-0.25, -0.2) is 4.39 Å². The van der Waals surface area contributed by atoms with E-state index in [4.69, 9.17) is 14.2 Å². The van der Waals surface area contributed by atoms with Gasteiger partial charge in [0.25, 0.3) is 0 Å². The van der Waals surface area contributed by atoms with Gasteiger partial charge >= 0.3 is 0 Å². The molecule has 1 atom stereocenters. The van der Waals surface area contributed by atoms with Crippen molar-refractivity contribution in [1.29, 1.82) is 0 Å². The van der Waals surface area contributed by atoms with Crippen molar-refractivity contribution in [1.82, 2.24) is 35.3 Å². The number of amides is 2. The standard InChI is InChI=1S/C30H38FN7O5/c1-41-25-12-9-22(19-26(25)42-2)29-33-35-38(34-29)20-27(39)37(14-13-36-15-17-43-18-16-36)28(21-7-10-23(31)11-8-21)30(40)32-24-5-3-4-6-24/h7-12,19,24,28H,3-6,13-18,20H2,1-2H3,(H,32,40)/t28-/m0/s1. The molecule has 12 nitrogen and oxygen atoms in total. The predicted octanol–water partition coefficient (Wildman–Crippen LogP) is 2.46. The van der Waals surface area contributed by atoms with Crippen LogP contribution in [0.3, 0.4) is 0 Å². The van der Waals surface area contributed by atoms with Crippen LogP contribution < -0.4 is 14.8 Å². The Labute approximate surface area is 250 Å². The molecule has 1 aliphatic heterocycles. The second kappa shape index (κ2) is 14.4. The monoisotopic (exact) mass is 595 g/mol. The highest BCUT2D eigenvalue weighted by atomic mass is 19.1. The van der Waals surface area contributed by atoms with Gasteiger partial charge < -0.3 is 24.4 Å². The van der Waals surface area contributed by atoms with Gasteiger partial charge in [-0.1, -0.05) is 25.0 Å². The number of benzene rings is 2. The number of hydrogen-bond acceptors (Lipinski definition) is 9. The topological polar surface area (TPSA) is 124 Å². The van der Waals surface area contributed by atoms with Crippen molar-refractivity contribution in [3.05, 3.63) is 53.8 Å². The first-order valence-corrected chi connectivity index (χ1v) is 14.6. The zero-order valence-electron chi connectivity index (χ0n) is 24.6. The zero-order chi connectivity index (χ0) is 30.2. The maximum Gasteiger partial charge on any atom is 0.247 e. The third-order valence-corrected chi connectivity index (χ3v) is 7.90. The summed E-state index contributed by atoms with van der Waals surface area (Å²) < 4.78 is 30.1. The second-order valence-corrected chi connectivity index (χ2v) is 10.7. The molecular formula is C30H38FN7O5. The minimum absolute atomic E-state index is 0.0488. The average molecular weight is 596 g/mol. The maximum absolute atomic E-state index is 14.0. The Balaban J connectivity index is 1.40. The molecule has 1 aliphatic carbocycles. The van der Waals surface area contributed by atoms with Crippen LogP contribution in [0.4, 0.5) is 4.39 Å². The number of aromatic nitrogens is 4. The van der Waals surface area contributed by atoms with Crippen molar-refractivity contribution in [2.24, 2.45) is 0 Å². The molecule has 2 aliphatic rings. The Bertz CT molecular complexity index is 1370. The van der Waals surface area contributed by atoms with Crippen molar-refractivity contribution >= 4 is 11.8 Å². The van der Waals surface area contributed by atoms with Gasteiger partial charge in [0, 0.05) is 37.8 Å². The molecule has 0 bridgehead atoms. The molecular weight excluding hydrogens is 557 g/mol. The summed E-state index contributed by atoms with van der Waals surface area (Å²) in [6, 6.07) is 10.1. The molecule has 1 N–H and O–H groups in total. The minimum atomic E-state index is -0.955. The van der Waals surface area contributed by atoms with Gasteiger partial charge in [0.2, 0.25) is 17.6 Å². The molecule has 2 aromatic carbocycles. The summed E-state index contributed by atoms with van der Waals surface area (Å²) in [5.74, 6) is 0.318. The summed E-state index contributed by atoms with van der Waals surface area (Å²) in [5, 5.41) is 15.8. The van der Waals surface area contributed by atoms with Crippen LogP contribution in [0.25, 0.3) is 11.4 Å². The van der Waals surface area contributed by atoms with Gasteiger partial charge in [-0.05, 0) is 54.0 Å². The molecule has 3 aromatic rings. The van der Waals surface area contributed by atoms with Crippen molar-refractivity contribution in [2.75, 3.05) is 53.6 Å². The second-order valence-electron chi connectivity index (χ2n) is 10.7. The zero-order valence-corrected chi connectivity index (χ0v) is 24.6. The Morgan fingerprint density at radius 2 is 1.79 bits per heavy atom. The molecule has 13 heteroatoms. The third kappa shape index (κ3) is 7.65. The van der Waals surface area contributed by atoms with Crippen LogP contribution in [0.5, 0.6) is 11.5 Å². The van der Waals surface area contributed by atoms with Crippen molar-refractivity contribution in [3.8, 4) is 22.9 Å². The van der Waals surface area contributed by atoms with Gasteiger partial charge in [0.05, 0.1) is 27.4 Å². The van der Waals surface area contributed by atoms with Crippen molar-refractivity contribution < 1.29 is 28.2 Å². The first-order valence-electron chi connectivity index (χ1n) is 14.6. The van der Waals surface area contributed by atoms with Gasteiger partial charge in [-0.3, -0.25) is 14.5 Å². The van der Waals surface area contributed by atoms with Gasteiger partial charge in [0.1, 0.15) is 18.4 Å². The Kier molecular flexibility index (Phi) is 10.2. The van der Waals surface area contributed by atoms with E-state index in [1.165, 1.54) is 24.0 Å². The summed E-state index contributed by atoms with van der Waals surface area (Å²) >= 11 is 0. The Hall–Kier alpha value is -4.10. The lowest BCUT2D eigenvalue weighted by molar-refractivity contribution is -0.142. The van der Waals surface area contributed by atoms with Crippen LogP contribution >= 0.6 is 0 Å². The number of nitrogens with zero attached hydrogens (tertiary/aromatic N) is 6. The molecule has 43 heavy (non-hydrogen) atoms. The van der Waals surface area contributed by atoms with Gasteiger partial charge in [-0.15, -0.1) is 10.2 Å². The number of rotatable bonds is 12. The summed E-state index contributed by atoms with van der Waals surface area (Å²) in [5.41, 5.74) is 1.17. The molecule has 1 saturated heterocycles. The molecule has 5 rings (SSSR count). The van der Waals surface area contributed by atoms with Crippen LogP contribution in [0, 0.1) is 5.82 Å². The van der Waals surface area contributed by atoms with E-state index >= 15 is 0 Å². The number of hydrogen-bond donors (Lipinski definition) is 1. The predicted molar refractivity (Wildman–Crippen MR) is 155 cm³/mol. The Morgan fingerprint density at radius 1 is 1.07 bits per heavy atom. The fourth-order valence-corrected chi connectivity index (χ4v) is 5.55. The number of methoxy groups -OCH3 is 2. The summed E-state index contributed by atoms with van der Waals surface area (Å²) in [6.07, 6.45) is 3.88. The van der Waals surface area contributed by atoms with E-state index in [9.17, 15) is 14.0 Å². The van der Waals surface area contributed by atoms with Crippen molar-refractivity contribution in [2.45, 2.75) is 44.3 Å². The van der Waals surface area contributed by atoms with Crippen molar-refractivity contribution in [3.63, 3.8) is 0 Å². The number of nitrogens with one attached hydrogen (secondary N) is 1. The minimum Gasteiger partial charge on any atom is -0.493 e. The molecule has 0 unspecified atom stereocenters. The lowest BCUT2D eigenvalue weighted by Gasteiger charge is -2.35. The van der Waals surface area contributed by atoms with Crippen LogP contribution in [-0.2, 0) is 20.9 Å². The van der Waals surface area contributed by atoms with E-state index in [0.717, 1.165) is 38.8 Å². The summed E-state index contributed by atoms with van der Waals surface area (Å²) in [7, 11) is 3.09. The summed E-state index contributed by atoms with van der Waals surface area (Å²) in [6.45, 7) is 3.27. The molecule has 2 amide bonds. The lowest BCUT2D eigenvalue weighted by atomic mass is 10.0. The van der Waals surface area contributed by atoms with E-state index in [1.54, 1.807) is 42.3 Å². The number of tetrazole rings is 1. The molecule has 1 aromatic heterocycles. The number of morpholine rings is 1. The number of halogens is 1. The van der Waals surface area contributed by atoms with Crippen LogP contribution in [0.15, 0.2) is 42.5 Å². The highest BCUT2D eigenvalue weighted by molar-refractivity contribution is 5.89. The van der Waals surface area contributed by atoms with Gasteiger partial charge in [0.15, 0.2) is 11.5 Å².